The number of ether oxygens (including phenoxy) is 1. The highest BCUT2D eigenvalue weighted by Crippen LogP contribution is 2.24. The summed E-state index contributed by atoms with van der Waals surface area (Å²) in [6.07, 6.45) is 3.77. The van der Waals surface area contributed by atoms with E-state index in [4.69, 9.17) is 4.74 Å². The molecule has 1 amide bonds. The molecule has 1 fully saturated rings. The van der Waals surface area contributed by atoms with Crippen molar-refractivity contribution in [3.05, 3.63) is 69.9 Å². The van der Waals surface area contributed by atoms with Gasteiger partial charge in [0.1, 0.15) is 28.1 Å². The SMILES string of the molecule is Cc1nc(COc2ccc(F)cc2)sc1C(=O)Nc1ccc(N2CCCCC2)cc1. The molecule has 0 saturated carbocycles. The summed E-state index contributed by atoms with van der Waals surface area (Å²) in [5.74, 6) is 0.0724. The van der Waals surface area contributed by atoms with E-state index in [2.05, 4.69) is 27.3 Å². The summed E-state index contributed by atoms with van der Waals surface area (Å²) in [6, 6.07) is 13.8. The second kappa shape index (κ2) is 9.26. The Kier molecular flexibility index (Phi) is 6.28. The third-order valence-corrected chi connectivity index (χ3v) is 6.20. The number of hydrogen-bond donors (Lipinski definition) is 1. The van der Waals surface area contributed by atoms with Gasteiger partial charge in [0.15, 0.2) is 0 Å². The zero-order valence-electron chi connectivity index (χ0n) is 16.9. The van der Waals surface area contributed by atoms with Gasteiger partial charge in [-0.05, 0) is 74.7 Å². The number of carbonyl (C=O) groups excluding carboxylic acids is 1. The van der Waals surface area contributed by atoms with Crippen LogP contribution in [0.15, 0.2) is 48.5 Å². The van der Waals surface area contributed by atoms with E-state index in [1.165, 1.54) is 48.4 Å². The third-order valence-electron chi connectivity index (χ3n) is 5.07. The van der Waals surface area contributed by atoms with Gasteiger partial charge in [0, 0.05) is 24.5 Å². The number of amides is 1. The Morgan fingerprint density at radius 3 is 2.50 bits per heavy atom. The third kappa shape index (κ3) is 4.97. The normalized spacial score (nSPS) is 13.9. The molecule has 5 nitrogen and oxygen atoms in total. The summed E-state index contributed by atoms with van der Waals surface area (Å²) in [6.45, 7) is 4.23. The van der Waals surface area contributed by atoms with Gasteiger partial charge in [-0.15, -0.1) is 11.3 Å². The van der Waals surface area contributed by atoms with Gasteiger partial charge >= 0.3 is 0 Å². The van der Waals surface area contributed by atoms with Gasteiger partial charge in [-0.1, -0.05) is 0 Å². The lowest BCUT2D eigenvalue weighted by molar-refractivity contribution is 0.103. The molecule has 2 heterocycles. The van der Waals surface area contributed by atoms with E-state index in [-0.39, 0.29) is 18.3 Å². The molecule has 30 heavy (non-hydrogen) atoms. The van der Waals surface area contributed by atoms with Gasteiger partial charge in [0.25, 0.3) is 5.91 Å². The van der Waals surface area contributed by atoms with Crippen LogP contribution >= 0.6 is 11.3 Å². The molecule has 1 N–H and O–H groups in total. The predicted octanol–water partition coefficient (Wildman–Crippen LogP) is 5.41. The number of hydrogen-bond acceptors (Lipinski definition) is 5. The standard InChI is InChI=1S/C23H24FN3O2S/c1-16-22(30-21(25-16)15-29-20-11-5-17(24)6-12-20)23(28)26-18-7-9-19(10-8-18)27-13-3-2-4-14-27/h5-12H,2-4,13-15H2,1H3,(H,26,28). The van der Waals surface area contributed by atoms with Gasteiger partial charge in [0.05, 0.1) is 5.69 Å². The number of nitrogens with one attached hydrogen (secondary N) is 1. The number of anilines is 2. The quantitative estimate of drug-likeness (QED) is 0.574. The summed E-state index contributed by atoms with van der Waals surface area (Å²) in [5, 5.41) is 3.65. The molecule has 1 aromatic heterocycles. The molecule has 1 aliphatic heterocycles. The van der Waals surface area contributed by atoms with Crippen molar-refractivity contribution in [2.45, 2.75) is 32.8 Å². The number of nitrogens with zero attached hydrogens (tertiary/aromatic N) is 2. The predicted molar refractivity (Wildman–Crippen MR) is 118 cm³/mol. The number of piperidine rings is 1. The van der Waals surface area contributed by atoms with Gasteiger partial charge < -0.3 is 15.0 Å². The van der Waals surface area contributed by atoms with E-state index in [1.807, 2.05) is 19.1 Å². The molecule has 3 aromatic rings. The fraction of sp³-hybridized carbons (Fsp3) is 0.304. The smallest absolute Gasteiger partial charge is 0.267 e. The van der Waals surface area contributed by atoms with Crippen LogP contribution in [0, 0.1) is 12.7 Å². The number of aryl methyl sites for hydroxylation is 1. The van der Waals surface area contributed by atoms with Crippen LogP contribution in [-0.2, 0) is 6.61 Å². The molecule has 1 saturated heterocycles. The number of thiazole rings is 1. The Bertz CT molecular complexity index is 996. The first-order chi connectivity index (χ1) is 14.6. The second-order valence-electron chi connectivity index (χ2n) is 7.31. The van der Waals surface area contributed by atoms with Gasteiger partial charge in [0.2, 0.25) is 0 Å². The van der Waals surface area contributed by atoms with E-state index in [0.29, 0.717) is 21.3 Å². The molecule has 7 heteroatoms. The minimum Gasteiger partial charge on any atom is -0.486 e. The topological polar surface area (TPSA) is 54.5 Å². The van der Waals surface area contributed by atoms with Crippen LogP contribution in [0.3, 0.4) is 0 Å². The molecule has 0 aliphatic carbocycles. The minimum absolute atomic E-state index is 0.177. The van der Waals surface area contributed by atoms with Crippen molar-refractivity contribution in [3.8, 4) is 5.75 Å². The highest BCUT2D eigenvalue weighted by molar-refractivity contribution is 7.13. The fourth-order valence-electron chi connectivity index (χ4n) is 3.50. The van der Waals surface area contributed by atoms with Gasteiger partial charge in [-0.3, -0.25) is 4.79 Å². The Labute approximate surface area is 179 Å². The molecule has 4 rings (SSSR count). The summed E-state index contributed by atoms with van der Waals surface area (Å²) < 4.78 is 18.6. The molecular formula is C23H24FN3O2S. The maximum Gasteiger partial charge on any atom is 0.267 e. The minimum atomic E-state index is -0.310. The number of rotatable bonds is 6. The van der Waals surface area contributed by atoms with E-state index in [9.17, 15) is 9.18 Å². The van der Waals surface area contributed by atoms with Crippen molar-refractivity contribution in [1.82, 2.24) is 4.98 Å². The number of carbonyl (C=O) groups is 1. The maximum atomic E-state index is 13.0. The van der Waals surface area contributed by atoms with Gasteiger partial charge in [-0.2, -0.15) is 0 Å². The van der Waals surface area contributed by atoms with Crippen molar-refractivity contribution in [3.63, 3.8) is 0 Å². The second-order valence-corrected chi connectivity index (χ2v) is 8.40. The zero-order valence-corrected chi connectivity index (χ0v) is 17.7. The number of benzene rings is 2. The lowest BCUT2D eigenvalue weighted by Crippen LogP contribution is -2.29. The monoisotopic (exact) mass is 425 g/mol. The molecule has 156 valence electrons. The van der Waals surface area contributed by atoms with Crippen molar-refractivity contribution >= 4 is 28.6 Å². The number of aromatic nitrogens is 1. The summed E-state index contributed by atoms with van der Waals surface area (Å²) in [5.41, 5.74) is 2.62. The van der Waals surface area contributed by atoms with Crippen molar-refractivity contribution in [2.24, 2.45) is 0 Å². The molecule has 0 radical (unpaired) electrons. The van der Waals surface area contributed by atoms with E-state index < -0.39 is 0 Å². The maximum absolute atomic E-state index is 13.0. The first kappa shape index (κ1) is 20.3. The van der Waals surface area contributed by atoms with Crippen molar-refractivity contribution in [2.75, 3.05) is 23.3 Å². The Balaban J connectivity index is 1.36. The molecule has 1 aliphatic rings. The van der Waals surface area contributed by atoms with Gasteiger partial charge in [-0.25, -0.2) is 9.37 Å². The number of halogens is 1. The van der Waals surface area contributed by atoms with Crippen molar-refractivity contribution < 1.29 is 13.9 Å². The molecular weight excluding hydrogens is 401 g/mol. The average molecular weight is 426 g/mol. The van der Waals surface area contributed by atoms with Crippen molar-refractivity contribution in [1.29, 1.82) is 0 Å². The van der Waals surface area contributed by atoms with E-state index in [0.717, 1.165) is 18.8 Å². The van der Waals surface area contributed by atoms with Crippen LogP contribution in [0.1, 0.15) is 39.6 Å². The highest BCUT2D eigenvalue weighted by atomic mass is 32.1. The lowest BCUT2D eigenvalue weighted by Gasteiger charge is -2.28. The summed E-state index contributed by atoms with van der Waals surface area (Å²) >= 11 is 1.30. The molecule has 2 aromatic carbocycles. The van der Waals surface area contributed by atoms with Crippen LogP contribution in [0.25, 0.3) is 0 Å². The van der Waals surface area contributed by atoms with Crippen LogP contribution in [0.4, 0.5) is 15.8 Å². The lowest BCUT2D eigenvalue weighted by atomic mass is 10.1. The molecule has 0 spiro atoms. The summed E-state index contributed by atoms with van der Waals surface area (Å²) in [4.78, 5) is 20.1. The largest absolute Gasteiger partial charge is 0.486 e. The first-order valence-electron chi connectivity index (χ1n) is 10.1. The first-order valence-corrected chi connectivity index (χ1v) is 10.9. The molecule has 0 atom stereocenters. The fourth-order valence-corrected chi connectivity index (χ4v) is 4.37. The van der Waals surface area contributed by atoms with Crippen LogP contribution in [-0.4, -0.2) is 24.0 Å². The Hall–Kier alpha value is -2.93. The van der Waals surface area contributed by atoms with Crippen LogP contribution in [0.2, 0.25) is 0 Å². The highest BCUT2D eigenvalue weighted by Gasteiger charge is 2.16. The van der Waals surface area contributed by atoms with E-state index >= 15 is 0 Å². The Morgan fingerprint density at radius 2 is 1.80 bits per heavy atom. The Morgan fingerprint density at radius 1 is 1.10 bits per heavy atom. The van der Waals surface area contributed by atoms with Crippen LogP contribution < -0.4 is 15.0 Å². The van der Waals surface area contributed by atoms with Crippen LogP contribution in [0.5, 0.6) is 5.75 Å². The van der Waals surface area contributed by atoms with E-state index in [1.54, 1.807) is 12.1 Å². The zero-order chi connectivity index (χ0) is 20.9. The summed E-state index contributed by atoms with van der Waals surface area (Å²) in [7, 11) is 0. The molecule has 0 unspecified atom stereocenters. The average Bonchev–Trinajstić information content (AvgIpc) is 3.15. The molecule has 0 bridgehead atoms.